The van der Waals surface area contributed by atoms with Gasteiger partial charge in [-0.1, -0.05) is 75.8 Å². The number of ether oxygens (including phenoxy) is 2. The molecule has 6 nitrogen and oxygen atoms in total. The molecular formula is C25H38BrN3O3. The Morgan fingerprint density at radius 2 is 1.78 bits per heavy atom. The van der Waals surface area contributed by atoms with Gasteiger partial charge in [0.05, 0.1) is 7.11 Å². The molecule has 1 unspecified atom stereocenters. The van der Waals surface area contributed by atoms with Crippen LogP contribution < -0.4 is 31.6 Å². The van der Waals surface area contributed by atoms with E-state index in [0.29, 0.717) is 23.7 Å². The van der Waals surface area contributed by atoms with Crippen molar-refractivity contribution in [3.05, 3.63) is 47.9 Å². The first-order chi connectivity index (χ1) is 15.1. The number of unbranched alkanes of at least 4 members (excludes halogenated alkanes) is 5. The monoisotopic (exact) mass is 507 g/mol. The van der Waals surface area contributed by atoms with Gasteiger partial charge in [0.25, 0.3) is 12.1 Å². The van der Waals surface area contributed by atoms with Crippen LogP contribution in [0.3, 0.4) is 0 Å². The highest BCUT2D eigenvalue weighted by Gasteiger charge is 2.25. The van der Waals surface area contributed by atoms with Crippen molar-refractivity contribution in [3.63, 3.8) is 0 Å². The smallest absolute Gasteiger partial charge is 0.289 e. The third-order valence-corrected chi connectivity index (χ3v) is 5.42. The third-order valence-electron chi connectivity index (χ3n) is 5.42. The molecule has 0 spiro atoms. The van der Waals surface area contributed by atoms with E-state index in [1.165, 1.54) is 38.5 Å². The van der Waals surface area contributed by atoms with E-state index in [0.717, 1.165) is 12.1 Å². The summed E-state index contributed by atoms with van der Waals surface area (Å²) >= 11 is 0. The second kappa shape index (κ2) is 15.8. The van der Waals surface area contributed by atoms with Crippen molar-refractivity contribution in [1.82, 2.24) is 4.98 Å². The molecule has 0 aliphatic heterocycles. The van der Waals surface area contributed by atoms with Crippen LogP contribution in [0.25, 0.3) is 0 Å². The maximum Gasteiger partial charge on any atom is 0.289 e. The van der Waals surface area contributed by atoms with Crippen LogP contribution in [0, 0.1) is 0 Å². The third kappa shape index (κ3) is 8.87. The van der Waals surface area contributed by atoms with Crippen LogP contribution in [0.4, 0.5) is 5.82 Å². The molecule has 1 atom stereocenters. The van der Waals surface area contributed by atoms with Gasteiger partial charge in [0.2, 0.25) is 11.5 Å². The summed E-state index contributed by atoms with van der Waals surface area (Å²) in [7, 11) is 3.26. The molecule has 0 amide bonds. The number of rotatable bonds is 15. The second-order valence-electron chi connectivity index (χ2n) is 8.03. The van der Waals surface area contributed by atoms with Crippen molar-refractivity contribution in [3.8, 4) is 5.75 Å². The van der Waals surface area contributed by atoms with Crippen molar-refractivity contribution >= 4 is 11.6 Å². The summed E-state index contributed by atoms with van der Waals surface area (Å²) in [6.45, 7) is 4.92. The van der Waals surface area contributed by atoms with Gasteiger partial charge in [0.1, 0.15) is 6.61 Å². The molecule has 1 N–H and O–H groups in total. The normalized spacial score (nSPS) is 11.5. The lowest BCUT2D eigenvalue weighted by molar-refractivity contribution is -0.695. The van der Waals surface area contributed by atoms with Crippen LogP contribution in [-0.2, 0) is 17.9 Å². The SMILES string of the molecule is CCCCCCCCC(C)Nc1nc[n+](CC(=O)c2ccccc2)c(COC)c1OC.[Br-]. The Bertz CT molecular complexity index is 803. The van der Waals surface area contributed by atoms with Gasteiger partial charge >= 0.3 is 0 Å². The van der Waals surface area contributed by atoms with Gasteiger partial charge in [-0.25, -0.2) is 4.57 Å². The average molecular weight is 509 g/mol. The fraction of sp³-hybridized carbons (Fsp3) is 0.560. The van der Waals surface area contributed by atoms with E-state index in [4.69, 9.17) is 9.47 Å². The zero-order valence-electron chi connectivity index (χ0n) is 19.9. The number of methoxy groups -OCH3 is 2. The van der Waals surface area contributed by atoms with E-state index >= 15 is 0 Å². The van der Waals surface area contributed by atoms with Gasteiger partial charge in [0, 0.05) is 18.7 Å². The molecule has 178 valence electrons. The van der Waals surface area contributed by atoms with Crippen molar-refractivity contribution < 1.29 is 35.8 Å². The van der Waals surface area contributed by atoms with E-state index in [2.05, 4.69) is 24.1 Å². The number of hydrogen-bond donors (Lipinski definition) is 1. The Balaban J connectivity index is 0.00000512. The Morgan fingerprint density at radius 3 is 2.44 bits per heavy atom. The minimum Gasteiger partial charge on any atom is -1.00 e. The molecule has 32 heavy (non-hydrogen) atoms. The predicted molar refractivity (Wildman–Crippen MR) is 124 cm³/mol. The number of nitrogens with one attached hydrogen (secondary N) is 1. The Morgan fingerprint density at radius 1 is 1.09 bits per heavy atom. The first-order valence-electron chi connectivity index (χ1n) is 11.4. The topological polar surface area (TPSA) is 64.3 Å². The van der Waals surface area contributed by atoms with Crippen LogP contribution in [0.1, 0.15) is 74.8 Å². The van der Waals surface area contributed by atoms with Crippen LogP contribution in [0.5, 0.6) is 5.75 Å². The Hall–Kier alpha value is -1.99. The number of anilines is 1. The molecule has 0 bridgehead atoms. The number of carbonyl (C=O) groups is 1. The first kappa shape index (κ1) is 28.0. The fourth-order valence-corrected chi connectivity index (χ4v) is 3.67. The molecule has 2 aromatic rings. The van der Waals surface area contributed by atoms with E-state index in [1.54, 1.807) is 25.1 Å². The van der Waals surface area contributed by atoms with Crippen molar-refractivity contribution in [2.24, 2.45) is 0 Å². The molecule has 0 aliphatic carbocycles. The number of benzene rings is 1. The molecule has 0 aliphatic rings. The van der Waals surface area contributed by atoms with Crippen molar-refractivity contribution in [1.29, 1.82) is 0 Å². The van der Waals surface area contributed by atoms with E-state index < -0.39 is 0 Å². The van der Waals surface area contributed by atoms with E-state index in [-0.39, 0.29) is 35.4 Å². The minimum absolute atomic E-state index is 0. The van der Waals surface area contributed by atoms with Gasteiger partial charge < -0.3 is 31.8 Å². The Kier molecular flexibility index (Phi) is 13.8. The standard InChI is InChI=1S/C25H37N3O3.BrH/c1-5-6-7-8-9-11-14-20(2)27-25-24(31-4)22(18-30-3)28(19-26-25)17-23(29)21-15-12-10-13-16-21;/h10,12-13,15-16,19-20H,5-9,11,14,17-18H2,1-4H3;1H. The summed E-state index contributed by atoms with van der Waals surface area (Å²) in [6, 6.07) is 9.56. The number of carbonyl (C=O) groups excluding carboxylic acids is 1. The lowest BCUT2D eigenvalue weighted by atomic mass is 10.1. The molecule has 1 aromatic carbocycles. The molecule has 7 heteroatoms. The quantitative estimate of drug-likeness (QED) is 0.227. The molecule has 0 radical (unpaired) electrons. The molecule has 2 rings (SSSR count). The van der Waals surface area contributed by atoms with Gasteiger partial charge in [-0.15, -0.1) is 0 Å². The number of halogens is 1. The average Bonchev–Trinajstić information content (AvgIpc) is 2.78. The summed E-state index contributed by atoms with van der Waals surface area (Å²) < 4.78 is 12.9. The van der Waals surface area contributed by atoms with Gasteiger partial charge in [-0.3, -0.25) is 4.79 Å². The molecule has 0 saturated heterocycles. The summed E-state index contributed by atoms with van der Waals surface area (Å²) in [5.74, 6) is 1.33. The largest absolute Gasteiger partial charge is 1.00 e. The maximum absolute atomic E-state index is 12.7. The van der Waals surface area contributed by atoms with E-state index in [9.17, 15) is 4.79 Å². The minimum atomic E-state index is 0. The van der Waals surface area contributed by atoms with Crippen LogP contribution in [0.2, 0.25) is 0 Å². The lowest BCUT2D eigenvalue weighted by Gasteiger charge is -2.16. The number of aromatic nitrogens is 2. The highest BCUT2D eigenvalue weighted by Crippen LogP contribution is 2.26. The number of Topliss-reactive ketones (excluding diaryl/α,β-unsaturated/α-hetero) is 1. The highest BCUT2D eigenvalue weighted by atomic mass is 79.9. The molecule has 0 saturated carbocycles. The first-order valence-corrected chi connectivity index (χ1v) is 11.4. The number of ketones is 1. The number of nitrogens with zero attached hydrogens (tertiary/aromatic N) is 2. The summed E-state index contributed by atoms with van der Waals surface area (Å²) in [4.78, 5) is 17.3. The highest BCUT2D eigenvalue weighted by molar-refractivity contribution is 5.94. The van der Waals surface area contributed by atoms with Crippen LogP contribution in [0.15, 0.2) is 36.7 Å². The zero-order chi connectivity index (χ0) is 22.5. The zero-order valence-corrected chi connectivity index (χ0v) is 21.5. The summed E-state index contributed by atoms with van der Waals surface area (Å²) in [5.41, 5.74) is 1.46. The molecular weight excluding hydrogens is 470 g/mol. The number of hydrogen-bond acceptors (Lipinski definition) is 5. The summed E-state index contributed by atoms with van der Waals surface area (Å²) in [5, 5.41) is 3.48. The van der Waals surface area contributed by atoms with Gasteiger partial charge in [-0.2, -0.15) is 0 Å². The van der Waals surface area contributed by atoms with E-state index in [1.807, 2.05) is 30.3 Å². The van der Waals surface area contributed by atoms with Crippen LogP contribution in [-0.4, -0.2) is 31.0 Å². The Labute approximate surface area is 203 Å². The molecule has 0 fully saturated rings. The van der Waals surface area contributed by atoms with Gasteiger partial charge in [-0.05, 0) is 18.3 Å². The predicted octanol–water partition coefficient (Wildman–Crippen LogP) is 1.96. The maximum atomic E-state index is 12.7. The molecule has 1 aromatic heterocycles. The molecule has 1 heterocycles. The lowest BCUT2D eigenvalue weighted by Crippen LogP contribution is -3.00. The fourth-order valence-electron chi connectivity index (χ4n) is 3.67. The van der Waals surface area contributed by atoms with Crippen LogP contribution >= 0.6 is 0 Å². The van der Waals surface area contributed by atoms with Crippen molar-refractivity contribution in [2.45, 2.75) is 78.0 Å². The van der Waals surface area contributed by atoms with Crippen molar-refractivity contribution in [2.75, 3.05) is 19.5 Å². The second-order valence-corrected chi connectivity index (χ2v) is 8.03. The summed E-state index contributed by atoms with van der Waals surface area (Å²) in [6.07, 6.45) is 10.5. The van der Waals surface area contributed by atoms with Gasteiger partial charge in [0.15, 0.2) is 12.2 Å².